The SMILES string of the molecule is COC(=O)c1ccc(C)cc1-c1ccc(C)cc1. The van der Waals surface area contributed by atoms with Crippen LogP contribution in [0.15, 0.2) is 42.5 Å². The van der Waals surface area contributed by atoms with Crippen LogP contribution in [0.5, 0.6) is 0 Å². The predicted octanol–water partition coefficient (Wildman–Crippen LogP) is 3.76. The highest BCUT2D eigenvalue weighted by molar-refractivity contribution is 5.97. The molecule has 2 aromatic carbocycles. The summed E-state index contributed by atoms with van der Waals surface area (Å²) in [5.74, 6) is -0.300. The predicted molar refractivity (Wildman–Crippen MR) is 72.7 cm³/mol. The number of rotatable bonds is 2. The molecule has 0 radical (unpaired) electrons. The molecule has 0 aliphatic carbocycles. The summed E-state index contributed by atoms with van der Waals surface area (Å²) >= 11 is 0. The Morgan fingerprint density at radius 1 is 0.944 bits per heavy atom. The molecular weight excluding hydrogens is 224 g/mol. The fraction of sp³-hybridized carbons (Fsp3) is 0.188. The molecule has 0 fully saturated rings. The van der Waals surface area contributed by atoms with Crippen molar-refractivity contribution in [2.24, 2.45) is 0 Å². The Bertz CT molecular complexity index is 568. The van der Waals surface area contributed by atoms with Crippen LogP contribution in [0.2, 0.25) is 0 Å². The quantitative estimate of drug-likeness (QED) is 0.747. The van der Waals surface area contributed by atoms with Crippen LogP contribution in [-0.2, 0) is 4.74 Å². The van der Waals surface area contributed by atoms with Crippen molar-refractivity contribution in [3.05, 3.63) is 59.2 Å². The van der Waals surface area contributed by atoms with E-state index in [4.69, 9.17) is 4.74 Å². The van der Waals surface area contributed by atoms with Crippen LogP contribution < -0.4 is 0 Å². The molecule has 0 bridgehead atoms. The molecule has 0 aromatic heterocycles. The molecule has 0 atom stereocenters. The normalized spacial score (nSPS) is 10.2. The topological polar surface area (TPSA) is 26.3 Å². The number of hydrogen-bond donors (Lipinski definition) is 0. The van der Waals surface area contributed by atoms with Gasteiger partial charge in [0.2, 0.25) is 0 Å². The van der Waals surface area contributed by atoms with Crippen molar-refractivity contribution in [2.45, 2.75) is 13.8 Å². The lowest BCUT2D eigenvalue weighted by Crippen LogP contribution is -2.03. The highest BCUT2D eigenvalue weighted by Gasteiger charge is 2.13. The van der Waals surface area contributed by atoms with Crippen LogP contribution in [0, 0.1) is 13.8 Å². The summed E-state index contributed by atoms with van der Waals surface area (Å²) in [7, 11) is 1.40. The van der Waals surface area contributed by atoms with E-state index in [0.29, 0.717) is 5.56 Å². The molecule has 0 saturated carbocycles. The molecule has 0 aliphatic rings. The third-order valence-corrected chi connectivity index (χ3v) is 2.94. The number of methoxy groups -OCH3 is 1. The minimum absolute atomic E-state index is 0.300. The minimum Gasteiger partial charge on any atom is -0.465 e. The molecule has 2 rings (SSSR count). The Morgan fingerprint density at radius 2 is 1.56 bits per heavy atom. The number of carbonyl (C=O) groups excluding carboxylic acids is 1. The maximum atomic E-state index is 11.8. The Balaban J connectivity index is 2.57. The summed E-state index contributed by atoms with van der Waals surface area (Å²) in [5.41, 5.74) is 4.88. The van der Waals surface area contributed by atoms with Gasteiger partial charge in [0.15, 0.2) is 0 Å². The summed E-state index contributed by atoms with van der Waals surface area (Å²) < 4.78 is 4.82. The van der Waals surface area contributed by atoms with Crippen molar-refractivity contribution in [1.29, 1.82) is 0 Å². The van der Waals surface area contributed by atoms with E-state index < -0.39 is 0 Å². The first-order valence-electron chi connectivity index (χ1n) is 5.88. The lowest BCUT2D eigenvalue weighted by atomic mass is 9.97. The van der Waals surface area contributed by atoms with Crippen LogP contribution in [0.3, 0.4) is 0 Å². The first kappa shape index (κ1) is 12.4. The van der Waals surface area contributed by atoms with E-state index >= 15 is 0 Å². The average Bonchev–Trinajstić information content (AvgIpc) is 2.38. The Hall–Kier alpha value is -2.09. The molecule has 0 saturated heterocycles. The lowest BCUT2D eigenvalue weighted by molar-refractivity contribution is 0.0601. The molecule has 2 nitrogen and oxygen atoms in total. The van der Waals surface area contributed by atoms with Gasteiger partial charge >= 0.3 is 5.97 Å². The zero-order valence-corrected chi connectivity index (χ0v) is 10.9. The summed E-state index contributed by atoms with van der Waals surface area (Å²) in [6.07, 6.45) is 0. The first-order chi connectivity index (χ1) is 8.61. The summed E-state index contributed by atoms with van der Waals surface area (Å²) in [4.78, 5) is 11.8. The Labute approximate surface area is 107 Å². The molecule has 0 N–H and O–H groups in total. The summed E-state index contributed by atoms with van der Waals surface area (Å²) in [5, 5.41) is 0. The van der Waals surface area contributed by atoms with E-state index in [2.05, 4.69) is 0 Å². The van der Waals surface area contributed by atoms with Crippen molar-refractivity contribution >= 4 is 5.97 Å². The number of benzene rings is 2. The van der Waals surface area contributed by atoms with Gasteiger partial charge in [-0.1, -0.05) is 47.5 Å². The number of hydrogen-bond acceptors (Lipinski definition) is 2. The van der Waals surface area contributed by atoms with Crippen molar-refractivity contribution in [2.75, 3.05) is 7.11 Å². The van der Waals surface area contributed by atoms with Crippen molar-refractivity contribution < 1.29 is 9.53 Å². The van der Waals surface area contributed by atoms with E-state index in [-0.39, 0.29) is 5.97 Å². The molecule has 92 valence electrons. The fourth-order valence-electron chi connectivity index (χ4n) is 1.92. The van der Waals surface area contributed by atoms with Gasteiger partial charge in [-0.05, 0) is 31.0 Å². The third-order valence-electron chi connectivity index (χ3n) is 2.94. The van der Waals surface area contributed by atoms with E-state index in [9.17, 15) is 4.79 Å². The smallest absolute Gasteiger partial charge is 0.338 e. The molecule has 0 spiro atoms. The Kier molecular flexibility index (Phi) is 3.47. The van der Waals surface area contributed by atoms with Gasteiger partial charge in [-0.25, -0.2) is 4.79 Å². The van der Waals surface area contributed by atoms with Gasteiger partial charge < -0.3 is 4.74 Å². The average molecular weight is 240 g/mol. The monoisotopic (exact) mass is 240 g/mol. The largest absolute Gasteiger partial charge is 0.465 e. The van der Waals surface area contributed by atoms with Crippen LogP contribution >= 0.6 is 0 Å². The van der Waals surface area contributed by atoms with E-state index in [1.165, 1.54) is 12.7 Å². The molecule has 0 unspecified atom stereocenters. The number of aryl methyl sites for hydroxylation is 2. The highest BCUT2D eigenvalue weighted by Crippen LogP contribution is 2.26. The highest BCUT2D eigenvalue weighted by atomic mass is 16.5. The molecular formula is C16H16O2. The number of esters is 1. The second kappa shape index (κ2) is 5.05. The second-order valence-electron chi connectivity index (χ2n) is 4.41. The zero-order valence-electron chi connectivity index (χ0n) is 10.9. The van der Waals surface area contributed by atoms with Crippen molar-refractivity contribution in [3.8, 4) is 11.1 Å². The van der Waals surface area contributed by atoms with Gasteiger partial charge in [0.25, 0.3) is 0 Å². The van der Waals surface area contributed by atoms with Gasteiger partial charge in [0.05, 0.1) is 12.7 Å². The van der Waals surface area contributed by atoms with Gasteiger partial charge in [0.1, 0.15) is 0 Å². The first-order valence-corrected chi connectivity index (χ1v) is 5.88. The maximum Gasteiger partial charge on any atom is 0.338 e. The number of carbonyl (C=O) groups is 1. The lowest BCUT2D eigenvalue weighted by Gasteiger charge is -2.09. The van der Waals surface area contributed by atoms with Gasteiger partial charge in [-0.15, -0.1) is 0 Å². The van der Waals surface area contributed by atoms with Gasteiger partial charge in [-0.3, -0.25) is 0 Å². The molecule has 18 heavy (non-hydrogen) atoms. The van der Waals surface area contributed by atoms with Crippen molar-refractivity contribution in [1.82, 2.24) is 0 Å². The molecule has 0 aliphatic heterocycles. The molecule has 0 heterocycles. The summed E-state index contributed by atoms with van der Waals surface area (Å²) in [6, 6.07) is 13.9. The van der Waals surface area contributed by atoms with E-state index in [1.807, 2.05) is 56.3 Å². The summed E-state index contributed by atoms with van der Waals surface area (Å²) in [6.45, 7) is 4.06. The van der Waals surface area contributed by atoms with E-state index in [1.54, 1.807) is 0 Å². The maximum absolute atomic E-state index is 11.8. The van der Waals surface area contributed by atoms with E-state index in [0.717, 1.165) is 16.7 Å². The van der Waals surface area contributed by atoms with Gasteiger partial charge in [-0.2, -0.15) is 0 Å². The Morgan fingerprint density at radius 3 is 2.17 bits per heavy atom. The van der Waals surface area contributed by atoms with Crippen LogP contribution in [0.4, 0.5) is 0 Å². The van der Waals surface area contributed by atoms with Crippen LogP contribution in [0.25, 0.3) is 11.1 Å². The van der Waals surface area contributed by atoms with Crippen LogP contribution in [0.1, 0.15) is 21.5 Å². The van der Waals surface area contributed by atoms with Gasteiger partial charge in [0, 0.05) is 0 Å². The van der Waals surface area contributed by atoms with Crippen LogP contribution in [-0.4, -0.2) is 13.1 Å². The molecule has 0 amide bonds. The minimum atomic E-state index is -0.300. The molecule has 2 heteroatoms. The van der Waals surface area contributed by atoms with Crippen molar-refractivity contribution in [3.63, 3.8) is 0 Å². The second-order valence-corrected chi connectivity index (χ2v) is 4.41. The number of ether oxygens (including phenoxy) is 1. The third kappa shape index (κ3) is 2.43. The fourth-order valence-corrected chi connectivity index (χ4v) is 1.92. The standard InChI is InChI=1S/C16H16O2/c1-11-4-7-13(8-5-11)15-10-12(2)6-9-14(15)16(17)18-3/h4-10H,1-3H3. The zero-order chi connectivity index (χ0) is 13.1. The molecule has 2 aromatic rings.